The highest BCUT2D eigenvalue weighted by Crippen LogP contribution is 2.28. The van der Waals surface area contributed by atoms with Crippen LogP contribution < -0.4 is 10.6 Å². The minimum Gasteiger partial charge on any atom is -0.309 e. The van der Waals surface area contributed by atoms with Gasteiger partial charge in [-0.25, -0.2) is 26.8 Å². The van der Waals surface area contributed by atoms with Crippen molar-refractivity contribution in [3.63, 3.8) is 0 Å². The van der Waals surface area contributed by atoms with Gasteiger partial charge in [0.25, 0.3) is 0 Å². The minimum absolute atomic E-state index is 0.343. The maximum Gasteiger partial charge on any atom is 0.247 e. The van der Waals surface area contributed by atoms with Crippen molar-refractivity contribution >= 4 is 64.7 Å². The van der Waals surface area contributed by atoms with E-state index in [0.29, 0.717) is 16.6 Å². The fourth-order valence-electron chi connectivity index (χ4n) is 4.07. The molecule has 0 saturated heterocycles. The number of carbonyl (C=O) groups is 2. The van der Waals surface area contributed by atoms with E-state index in [2.05, 4.69) is 25.6 Å². The van der Waals surface area contributed by atoms with Crippen LogP contribution in [0, 0.1) is 0 Å². The number of thiazole rings is 1. The Morgan fingerprint density at radius 2 is 1.27 bits per heavy atom. The van der Waals surface area contributed by atoms with Gasteiger partial charge in [0.05, 0.1) is 21.7 Å². The number of para-hydroxylation sites is 1. The molecule has 0 atom stereocenters. The third kappa shape index (κ3) is 7.74. The van der Waals surface area contributed by atoms with E-state index in [0.717, 1.165) is 16.5 Å². The van der Waals surface area contributed by atoms with Crippen LogP contribution in [0.3, 0.4) is 0 Å². The van der Waals surface area contributed by atoms with Gasteiger partial charge in [-0.05, 0) is 85.7 Å². The van der Waals surface area contributed by atoms with Crippen LogP contribution in [-0.4, -0.2) is 63.6 Å². The Hall–Kier alpha value is -3.75. The number of rotatable bonds is 9. The number of fused-ring (bicyclic) bond motifs is 1. The largest absolute Gasteiger partial charge is 0.309 e. The van der Waals surface area contributed by atoms with Crippen LogP contribution in [0.2, 0.25) is 0 Å². The van der Waals surface area contributed by atoms with Gasteiger partial charge in [0, 0.05) is 28.7 Å². The van der Waals surface area contributed by atoms with E-state index in [4.69, 9.17) is 0 Å². The van der Waals surface area contributed by atoms with Crippen LogP contribution in [0.5, 0.6) is 0 Å². The van der Waals surface area contributed by atoms with Crippen molar-refractivity contribution in [2.24, 2.45) is 0 Å². The van der Waals surface area contributed by atoms with Gasteiger partial charge in [-0.1, -0.05) is 18.2 Å². The summed E-state index contributed by atoms with van der Waals surface area (Å²) in [5, 5.41) is 7.08. The lowest BCUT2D eigenvalue weighted by atomic mass is 10.2. The Labute approximate surface area is 268 Å². The van der Waals surface area contributed by atoms with Gasteiger partial charge in [-0.2, -0.15) is 0 Å². The lowest BCUT2D eigenvalue weighted by Crippen LogP contribution is -2.47. The number of pyridine rings is 2. The maximum atomic E-state index is 12.4. The van der Waals surface area contributed by atoms with Gasteiger partial charge in [0.1, 0.15) is 15.3 Å². The van der Waals surface area contributed by atoms with E-state index in [9.17, 15) is 26.4 Å². The molecule has 3 heterocycles. The number of amides is 2. The summed E-state index contributed by atoms with van der Waals surface area (Å²) in [6.07, 6.45) is 3.32. The smallest absolute Gasteiger partial charge is 0.247 e. The first-order chi connectivity index (χ1) is 20.8. The summed E-state index contributed by atoms with van der Waals surface area (Å²) in [5.41, 5.74) is 2.33. The molecule has 0 spiro atoms. The van der Waals surface area contributed by atoms with Crippen molar-refractivity contribution in [2.45, 2.75) is 75.4 Å². The Bertz CT molecular complexity index is 1880. The van der Waals surface area contributed by atoms with Crippen molar-refractivity contribution in [3.8, 4) is 11.3 Å². The molecule has 2 amide bonds. The van der Waals surface area contributed by atoms with Crippen LogP contribution in [0.15, 0.2) is 66.3 Å². The summed E-state index contributed by atoms with van der Waals surface area (Å²) in [7, 11) is -7.16. The number of hydrogen-bond donors (Lipinski definition) is 2. The molecule has 2 N–H and O–H groups in total. The quantitative estimate of drug-likeness (QED) is 0.233. The Kier molecular flexibility index (Phi) is 10.9. The van der Waals surface area contributed by atoms with Crippen molar-refractivity contribution in [1.82, 2.24) is 15.0 Å². The minimum atomic E-state index is -3.58. The summed E-state index contributed by atoms with van der Waals surface area (Å²) in [5.74, 6) is -0.818. The zero-order chi connectivity index (χ0) is 33.8. The predicted octanol–water partition coefficient (Wildman–Crippen LogP) is 5.52. The van der Waals surface area contributed by atoms with Crippen molar-refractivity contribution < 1.29 is 26.4 Å². The second-order valence-electron chi connectivity index (χ2n) is 11.8. The molecule has 0 aliphatic carbocycles. The number of carbonyl (C=O) groups excluding carboxylic acids is 2. The summed E-state index contributed by atoms with van der Waals surface area (Å²) < 4.78 is 46.2. The molecule has 0 radical (unpaired) electrons. The normalized spacial score (nSPS) is 12.5. The van der Waals surface area contributed by atoms with Crippen molar-refractivity contribution in [3.05, 3.63) is 66.3 Å². The average molecular weight is 674 g/mol. The highest BCUT2D eigenvalue weighted by Gasteiger charge is 2.44. The van der Waals surface area contributed by atoms with Gasteiger partial charge in [0.2, 0.25) is 11.8 Å². The van der Waals surface area contributed by atoms with E-state index in [1.54, 1.807) is 51.5 Å². The van der Waals surface area contributed by atoms with E-state index in [1.165, 1.54) is 39.0 Å². The second-order valence-corrected chi connectivity index (χ2v) is 18.7. The molecule has 14 heteroatoms. The van der Waals surface area contributed by atoms with E-state index in [1.807, 2.05) is 42.5 Å². The molecule has 11 nitrogen and oxygen atoms in total. The third-order valence-electron chi connectivity index (χ3n) is 7.30. The number of aromatic nitrogens is 3. The molecule has 4 aromatic rings. The SMILES string of the molecule is CC(C)S(=O)(=O)C(C)(C)C(=O)Nc1ccc2ccccc2n1.CC(C)S(=O)(=O)C(C)(C)C(=O)Nc1nc(-c2ccncc2)cs1. The van der Waals surface area contributed by atoms with Gasteiger partial charge in [0.15, 0.2) is 24.8 Å². The lowest BCUT2D eigenvalue weighted by Gasteiger charge is -2.25. The molecule has 0 unspecified atom stereocenters. The van der Waals surface area contributed by atoms with Crippen LogP contribution >= 0.6 is 11.3 Å². The number of nitrogens with zero attached hydrogens (tertiary/aromatic N) is 3. The number of anilines is 2. The van der Waals surface area contributed by atoms with Gasteiger partial charge >= 0.3 is 0 Å². The van der Waals surface area contributed by atoms with Crippen LogP contribution in [0.1, 0.15) is 55.4 Å². The van der Waals surface area contributed by atoms with Gasteiger partial charge in [-0.15, -0.1) is 11.3 Å². The van der Waals surface area contributed by atoms with Crippen LogP contribution in [0.25, 0.3) is 22.2 Å². The number of benzene rings is 1. The highest BCUT2D eigenvalue weighted by molar-refractivity contribution is 7.94. The van der Waals surface area contributed by atoms with E-state index >= 15 is 0 Å². The van der Waals surface area contributed by atoms with Crippen LogP contribution in [-0.2, 0) is 29.3 Å². The zero-order valence-corrected chi connectivity index (χ0v) is 29.0. The maximum absolute atomic E-state index is 12.4. The molecular weight excluding hydrogens is 635 g/mol. The lowest BCUT2D eigenvalue weighted by molar-refractivity contribution is -0.118. The van der Waals surface area contributed by atoms with Crippen molar-refractivity contribution in [1.29, 1.82) is 0 Å². The fourth-order valence-corrected chi connectivity index (χ4v) is 7.76. The Balaban J connectivity index is 0.000000246. The average Bonchev–Trinajstić information content (AvgIpc) is 3.46. The predicted molar refractivity (Wildman–Crippen MR) is 181 cm³/mol. The van der Waals surface area contributed by atoms with Gasteiger partial charge in [-0.3, -0.25) is 14.6 Å². The molecule has 0 saturated carbocycles. The summed E-state index contributed by atoms with van der Waals surface area (Å²) in [6, 6.07) is 14.6. The van der Waals surface area contributed by atoms with Crippen LogP contribution in [0.4, 0.5) is 10.9 Å². The van der Waals surface area contributed by atoms with Crippen molar-refractivity contribution in [2.75, 3.05) is 10.6 Å². The molecular formula is C31H39N5O6S3. The Morgan fingerprint density at radius 1 is 0.733 bits per heavy atom. The molecule has 4 rings (SSSR count). The molecule has 0 bridgehead atoms. The first-order valence-electron chi connectivity index (χ1n) is 14.1. The van der Waals surface area contributed by atoms with Gasteiger partial charge < -0.3 is 10.6 Å². The first-order valence-corrected chi connectivity index (χ1v) is 18.1. The molecule has 45 heavy (non-hydrogen) atoms. The molecule has 0 aliphatic rings. The second kappa shape index (κ2) is 13.7. The summed E-state index contributed by atoms with van der Waals surface area (Å²) in [6.45, 7) is 11.9. The highest BCUT2D eigenvalue weighted by atomic mass is 32.2. The topological polar surface area (TPSA) is 165 Å². The van der Waals surface area contributed by atoms with E-state index < -0.39 is 51.5 Å². The zero-order valence-electron chi connectivity index (χ0n) is 26.5. The molecule has 0 aliphatic heterocycles. The Morgan fingerprint density at radius 3 is 1.82 bits per heavy atom. The molecule has 1 aromatic carbocycles. The van der Waals surface area contributed by atoms with E-state index in [-0.39, 0.29) is 0 Å². The standard InChI is InChI=1S/C16H20N2O3S.C15H19N3O3S2/c1-11(2)22(20,21)16(3,4)15(19)18-14-10-9-12-7-5-6-8-13(12)17-14;1-10(2)23(20,21)15(3,4)13(19)18-14-17-12(9-22-14)11-5-7-16-8-6-11/h5-11H,1-4H3,(H,17,18,19);5-10H,1-4H3,(H,17,18,19). The summed E-state index contributed by atoms with van der Waals surface area (Å²) in [4.78, 5) is 37.4. The molecule has 0 fully saturated rings. The number of hydrogen-bond acceptors (Lipinski definition) is 10. The number of nitrogens with one attached hydrogen (secondary N) is 2. The fraction of sp³-hybridized carbons (Fsp3) is 0.387. The molecule has 242 valence electrons. The third-order valence-corrected chi connectivity index (χ3v) is 13.8. The summed E-state index contributed by atoms with van der Waals surface area (Å²) >= 11 is 1.25. The monoisotopic (exact) mass is 673 g/mol. The first kappa shape index (κ1) is 35.7. The molecule has 3 aromatic heterocycles. The number of sulfone groups is 2.